The van der Waals surface area contributed by atoms with Gasteiger partial charge >= 0.3 is 5.97 Å². The fourth-order valence-electron chi connectivity index (χ4n) is 2.51. The lowest BCUT2D eigenvalue weighted by molar-refractivity contribution is 0.0690. The van der Waals surface area contributed by atoms with E-state index in [-0.39, 0.29) is 5.69 Å². The van der Waals surface area contributed by atoms with E-state index < -0.39 is 5.97 Å². The molecule has 0 radical (unpaired) electrons. The van der Waals surface area contributed by atoms with Gasteiger partial charge in [0.15, 0.2) is 11.5 Å². The molecule has 21 heavy (non-hydrogen) atoms. The summed E-state index contributed by atoms with van der Waals surface area (Å²) in [5.74, 6) is 1.19. The summed E-state index contributed by atoms with van der Waals surface area (Å²) in [6.45, 7) is 2.65. The lowest BCUT2D eigenvalue weighted by atomic mass is 10.3. The molecule has 0 bridgehead atoms. The molecule has 2 aliphatic rings. The largest absolute Gasteiger partial charge is 0.477 e. The maximum Gasteiger partial charge on any atom is 0.354 e. The Morgan fingerprint density at radius 1 is 1.29 bits per heavy atom. The second-order valence-electron chi connectivity index (χ2n) is 5.36. The van der Waals surface area contributed by atoms with Crippen LogP contribution in [0, 0.1) is 0 Å². The Balaban J connectivity index is 1.85. The van der Waals surface area contributed by atoms with Crippen LogP contribution >= 0.6 is 0 Å². The van der Waals surface area contributed by atoms with Crippen LogP contribution < -0.4 is 4.90 Å². The summed E-state index contributed by atoms with van der Waals surface area (Å²) in [5, 5.41) is 13.8. The standard InChI is InChI=1S/C13H15N5O3/c19-12(20)9-7-10(17-3-5-21-6-4-17)18-13(14-9)15-11(16-18)8-1-2-8/h7-8H,1-6H2,(H,19,20). The van der Waals surface area contributed by atoms with Crippen molar-refractivity contribution in [3.05, 3.63) is 17.6 Å². The number of ether oxygens (including phenoxy) is 1. The molecule has 4 rings (SSSR count). The molecule has 110 valence electrons. The topological polar surface area (TPSA) is 92.8 Å². The zero-order chi connectivity index (χ0) is 14.4. The highest BCUT2D eigenvalue weighted by Crippen LogP contribution is 2.38. The Bertz CT molecular complexity index is 703. The summed E-state index contributed by atoms with van der Waals surface area (Å²) in [4.78, 5) is 21.8. The SMILES string of the molecule is O=C(O)c1cc(N2CCOCC2)n2nc(C3CC3)nc2n1. The molecular formula is C13H15N5O3. The lowest BCUT2D eigenvalue weighted by Gasteiger charge is -2.28. The van der Waals surface area contributed by atoms with Gasteiger partial charge in [-0.05, 0) is 12.8 Å². The van der Waals surface area contributed by atoms with Gasteiger partial charge in [0.25, 0.3) is 5.78 Å². The number of hydrogen-bond donors (Lipinski definition) is 1. The van der Waals surface area contributed by atoms with E-state index in [2.05, 4.69) is 20.0 Å². The Morgan fingerprint density at radius 2 is 2.05 bits per heavy atom. The summed E-state index contributed by atoms with van der Waals surface area (Å²) >= 11 is 0. The first kappa shape index (κ1) is 12.5. The van der Waals surface area contributed by atoms with E-state index in [1.807, 2.05) is 0 Å². The van der Waals surface area contributed by atoms with Crippen molar-refractivity contribution >= 4 is 17.6 Å². The van der Waals surface area contributed by atoms with Gasteiger partial charge in [-0.25, -0.2) is 9.78 Å². The summed E-state index contributed by atoms with van der Waals surface area (Å²) in [5.41, 5.74) is -0.00117. The van der Waals surface area contributed by atoms with Gasteiger partial charge in [0.05, 0.1) is 13.2 Å². The van der Waals surface area contributed by atoms with Crippen molar-refractivity contribution in [3.63, 3.8) is 0 Å². The number of aromatic carboxylic acids is 1. The van der Waals surface area contributed by atoms with Crippen molar-refractivity contribution in [1.82, 2.24) is 19.6 Å². The van der Waals surface area contributed by atoms with E-state index >= 15 is 0 Å². The van der Waals surface area contributed by atoms with Gasteiger partial charge in [0.2, 0.25) is 0 Å². The van der Waals surface area contributed by atoms with Gasteiger partial charge in [0, 0.05) is 25.1 Å². The average Bonchev–Trinajstić information content (AvgIpc) is 3.26. The van der Waals surface area contributed by atoms with Crippen molar-refractivity contribution < 1.29 is 14.6 Å². The highest BCUT2D eigenvalue weighted by Gasteiger charge is 2.29. The van der Waals surface area contributed by atoms with E-state index in [1.54, 1.807) is 10.6 Å². The van der Waals surface area contributed by atoms with Crippen LogP contribution in [0.25, 0.3) is 5.78 Å². The molecule has 8 heteroatoms. The number of carbonyl (C=O) groups is 1. The number of carboxylic acids is 1. The van der Waals surface area contributed by atoms with Crippen molar-refractivity contribution in [1.29, 1.82) is 0 Å². The minimum Gasteiger partial charge on any atom is -0.477 e. The molecule has 1 N–H and O–H groups in total. The highest BCUT2D eigenvalue weighted by atomic mass is 16.5. The van der Waals surface area contributed by atoms with E-state index in [0.29, 0.717) is 38.0 Å². The molecule has 0 atom stereocenters. The number of aromatic nitrogens is 4. The number of rotatable bonds is 3. The first-order valence-corrected chi connectivity index (χ1v) is 7.06. The number of carboxylic acid groups (broad SMARTS) is 1. The lowest BCUT2D eigenvalue weighted by Crippen LogP contribution is -2.37. The molecule has 0 spiro atoms. The normalized spacial score (nSPS) is 19.1. The maximum atomic E-state index is 11.3. The quantitative estimate of drug-likeness (QED) is 0.881. The van der Waals surface area contributed by atoms with E-state index in [4.69, 9.17) is 4.74 Å². The highest BCUT2D eigenvalue weighted by molar-refractivity contribution is 5.87. The van der Waals surface area contributed by atoms with Crippen LogP contribution in [0.5, 0.6) is 0 Å². The number of morpholine rings is 1. The summed E-state index contributed by atoms with van der Waals surface area (Å²) < 4.78 is 7.00. The van der Waals surface area contributed by atoms with E-state index in [0.717, 1.165) is 24.5 Å². The van der Waals surface area contributed by atoms with Crippen LogP contribution in [0.4, 0.5) is 5.82 Å². The maximum absolute atomic E-state index is 11.3. The predicted octanol–water partition coefficient (Wildman–Crippen LogP) is 0.536. The van der Waals surface area contributed by atoms with Crippen molar-refractivity contribution in [3.8, 4) is 0 Å². The number of fused-ring (bicyclic) bond motifs is 1. The molecule has 3 heterocycles. The monoisotopic (exact) mass is 289 g/mol. The van der Waals surface area contributed by atoms with Gasteiger partial charge in [-0.1, -0.05) is 0 Å². The molecule has 2 fully saturated rings. The van der Waals surface area contributed by atoms with E-state index in [9.17, 15) is 9.90 Å². The summed E-state index contributed by atoms with van der Waals surface area (Å²) in [7, 11) is 0. The average molecular weight is 289 g/mol. The Labute approximate surface area is 120 Å². The zero-order valence-electron chi connectivity index (χ0n) is 11.4. The number of nitrogens with zero attached hydrogens (tertiary/aromatic N) is 5. The summed E-state index contributed by atoms with van der Waals surface area (Å²) in [6, 6.07) is 1.56. The minimum absolute atomic E-state index is 0.00117. The third kappa shape index (κ3) is 2.21. The molecular weight excluding hydrogens is 274 g/mol. The van der Waals surface area contributed by atoms with Crippen molar-refractivity contribution in [2.24, 2.45) is 0 Å². The number of anilines is 1. The molecule has 2 aromatic rings. The molecule has 1 aliphatic heterocycles. The Kier molecular flexibility index (Phi) is 2.78. The predicted molar refractivity (Wildman–Crippen MR) is 72.7 cm³/mol. The third-order valence-electron chi connectivity index (χ3n) is 3.81. The fraction of sp³-hybridized carbons (Fsp3) is 0.538. The minimum atomic E-state index is -1.05. The van der Waals surface area contributed by atoms with Gasteiger partial charge in [-0.3, -0.25) is 0 Å². The van der Waals surface area contributed by atoms with E-state index in [1.165, 1.54) is 0 Å². The molecule has 8 nitrogen and oxygen atoms in total. The van der Waals surface area contributed by atoms with Crippen molar-refractivity contribution in [2.75, 3.05) is 31.2 Å². The second-order valence-corrected chi connectivity index (χ2v) is 5.36. The fourth-order valence-corrected chi connectivity index (χ4v) is 2.51. The van der Waals surface area contributed by atoms with Crippen LogP contribution in [0.15, 0.2) is 6.07 Å². The van der Waals surface area contributed by atoms with Crippen LogP contribution in [0.1, 0.15) is 35.1 Å². The van der Waals surface area contributed by atoms with Crippen LogP contribution in [0.2, 0.25) is 0 Å². The number of hydrogen-bond acceptors (Lipinski definition) is 6. The van der Waals surface area contributed by atoms with Crippen molar-refractivity contribution in [2.45, 2.75) is 18.8 Å². The molecule has 2 aromatic heterocycles. The zero-order valence-corrected chi connectivity index (χ0v) is 11.4. The van der Waals surface area contributed by atoms with Crippen LogP contribution in [-0.2, 0) is 4.74 Å². The molecule has 0 aromatic carbocycles. The second kappa shape index (κ2) is 4.66. The molecule has 1 saturated carbocycles. The molecule has 1 aliphatic carbocycles. The summed E-state index contributed by atoms with van der Waals surface area (Å²) in [6.07, 6.45) is 2.19. The Morgan fingerprint density at radius 3 is 2.71 bits per heavy atom. The van der Waals surface area contributed by atoms with Crippen LogP contribution in [-0.4, -0.2) is 57.0 Å². The molecule has 0 unspecified atom stereocenters. The third-order valence-corrected chi connectivity index (χ3v) is 3.81. The van der Waals surface area contributed by atoms with Gasteiger partial charge in [-0.15, -0.1) is 5.10 Å². The Hall–Kier alpha value is -2.22. The molecule has 0 amide bonds. The molecule has 1 saturated heterocycles. The van der Waals surface area contributed by atoms with Gasteiger partial charge in [-0.2, -0.15) is 9.50 Å². The first-order chi connectivity index (χ1) is 10.2. The smallest absolute Gasteiger partial charge is 0.354 e. The van der Waals surface area contributed by atoms with Gasteiger partial charge in [0.1, 0.15) is 5.82 Å². The van der Waals surface area contributed by atoms with Crippen LogP contribution in [0.3, 0.4) is 0 Å². The first-order valence-electron chi connectivity index (χ1n) is 7.06. The van der Waals surface area contributed by atoms with Gasteiger partial charge < -0.3 is 14.7 Å².